The van der Waals surface area contributed by atoms with E-state index in [-0.39, 0.29) is 22.7 Å². The third-order valence-electron chi connectivity index (χ3n) is 4.88. The van der Waals surface area contributed by atoms with Gasteiger partial charge < -0.3 is 5.32 Å². The Morgan fingerprint density at radius 1 is 1.33 bits per heavy atom. The van der Waals surface area contributed by atoms with Crippen LogP contribution in [0.4, 0.5) is 0 Å². The van der Waals surface area contributed by atoms with Crippen LogP contribution in [0.3, 0.4) is 0 Å². The second-order valence-corrected chi connectivity index (χ2v) is 7.57. The minimum Gasteiger partial charge on any atom is -0.347 e. The predicted octanol–water partition coefficient (Wildman–Crippen LogP) is 2.87. The van der Waals surface area contributed by atoms with E-state index in [1.54, 1.807) is 16.9 Å². The highest BCUT2D eigenvalue weighted by Crippen LogP contribution is 2.21. The molecular formula is C20H22ClN5O. The fourth-order valence-electron chi connectivity index (χ4n) is 3.58. The van der Waals surface area contributed by atoms with Gasteiger partial charge in [-0.05, 0) is 37.0 Å². The number of fused-ring (bicyclic) bond motifs is 2. The Bertz CT molecular complexity index is 999. The summed E-state index contributed by atoms with van der Waals surface area (Å²) < 4.78 is 1.55. The first-order valence-corrected chi connectivity index (χ1v) is 9.49. The fourth-order valence-corrected chi connectivity index (χ4v) is 3.84. The Hall–Kier alpha value is -2.44. The third-order valence-corrected chi connectivity index (χ3v) is 5.23. The Kier molecular flexibility index (Phi) is 4.85. The lowest BCUT2D eigenvalue weighted by molar-refractivity contribution is 0.0922. The smallest absolute Gasteiger partial charge is 0.273 e. The molecule has 1 amide bonds. The van der Waals surface area contributed by atoms with Crippen LogP contribution in [0.15, 0.2) is 36.7 Å². The number of benzene rings is 1. The molecule has 0 saturated carbocycles. The highest BCUT2D eigenvalue weighted by molar-refractivity contribution is 6.36. The van der Waals surface area contributed by atoms with Crippen LogP contribution < -0.4 is 5.32 Å². The summed E-state index contributed by atoms with van der Waals surface area (Å²) >= 11 is 6.32. The number of hydrogen-bond acceptors (Lipinski definition) is 4. The summed E-state index contributed by atoms with van der Waals surface area (Å²) in [6.07, 6.45) is 4.56. The molecule has 1 N–H and O–H groups in total. The molecule has 0 radical (unpaired) electrons. The zero-order valence-electron chi connectivity index (χ0n) is 15.4. The van der Waals surface area contributed by atoms with E-state index < -0.39 is 0 Å². The summed E-state index contributed by atoms with van der Waals surface area (Å²) in [7, 11) is 0. The van der Waals surface area contributed by atoms with Gasteiger partial charge in [0.1, 0.15) is 5.02 Å². The Morgan fingerprint density at radius 2 is 2.11 bits per heavy atom. The molecule has 0 fully saturated rings. The molecule has 4 rings (SSSR count). The largest absolute Gasteiger partial charge is 0.347 e. The number of carbonyl (C=O) groups is 1. The van der Waals surface area contributed by atoms with Gasteiger partial charge in [-0.1, -0.05) is 35.9 Å². The van der Waals surface area contributed by atoms with Gasteiger partial charge in [0.25, 0.3) is 5.91 Å². The fraction of sp³-hybridized carbons (Fsp3) is 0.350. The lowest BCUT2D eigenvalue weighted by Crippen LogP contribution is -2.43. The molecule has 0 unspecified atom stereocenters. The van der Waals surface area contributed by atoms with Crippen LogP contribution in [-0.4, -0.2) is 44.5 Å². The van der Waals surface area contributed by atoms with Crippen LogP contribution in [0, 0.1) is 6.92 Å². The average Bonchev–Trinajstić information content (AvgIpc) is 2.97. The van der Waals surface area contributed by atoms with Crippen molar-refractivity contribution in [1.29, 1.82) is 0 Å². The monoisotopic (exact) mass is 383 g/mol. The maximum atomic E-state index is 12.7. The minimum atomic E-state index is -0.270. The number of aromatic nitrogens is 3. The summed E-state index contributed by atoms with van der Waals surface area (Å²) in [5.74, 6) is -0.270. The lowest BCUT2D eigenvalue weighted by Gasteiger charge is -2.31. The van der Waals surface area contributed by atoms with E-state index in [2.05, 4.69) is 44.6 Å². The topological polar surface area (TPSA) is 62.5 Å². The van der Waals surface area contributed by atoms with Gasteiger partial charge in [0.05, 0.1) is 0 Å². The number of aryl methyl sites for hydroxylation is 1. The first kappa shape index (κ1) is 17.9. The van der Waals surface area contributed by atoms with Gasteiger partial charge in [0.2, 0.25) is 0 Å². The normalized spacial score (nSPS) is 15.5. The van der Waals surface area contributed by atoms with Crippen LogP contribution in [0.25, 0.3) is 5.65 Å². The average molecular weight is 384 g/mol. The quantitative estimate of drug-likeness (QED) is 0.752. The SMILES string of the molecule is Cc1cnc2c(Cl)c(C(=O)N[C@@H](C)CN3CCc4ccccc4C3)nn2c1. The van der Waals surface area contributed by atoms with Gasteiger partial charge in [-0.2, -0.15) is 5.10 Å². The van der Waals surface area contributed by atoms with Crippen LogP contribution >= 0.6 is 11.6 Å². The molecule has 1 aromatic carbocycles. The van der Waals surface area contributed by atoms with Gasteiger partial charge in [0, 0.05) is 38.1 Å². The molecule has 3 heterocycles. The number of nitrogens with one attached hydrogen (secondary N) is 1. The second kappa shape index (κ2) is 7.29. The molecule has 0 bridgehead atoms. The van der Waals surface area contributed by atoms with Gasteiger partial charge in [-0.3, -0.25) is 9.69 Å². The van der Waals surface area contributed by atoms with E-state index in [9.17, 15) is 4.79 Å². The zero-order valence-corrected chi connectivity index (χ0v) is 16.2. The van der Waals surface area contributed by atoms with Crippen LogP contribution in [0.1, 0.15) is 34.1 Å². The number of halogens is 1. The standard InChI is InChI=1S/C20H22ClN5O/c1-13-9-22-19-17(21)18(24-26(19)10-13)20(27)23-14(2)11-25-8-7-15-5-3-4-6-16(15)12-25/h3-6,9-10,14H,7-8,11-12H2,1-2H3,(H,23,27)/t14-/m0/s1. The molecular weight excluding hydrogens is 362 g/mol. The number of rotatable bonds is 4. The summed E-state index contributed by atoms with van der Waals surface area (Å²) in [4.78, 5) is 19.3. The summed E-state index contributed by atoms with van der Waals surface area (Å²) in [6.45, 7) is 6.61. The molecule has 1 atom stereocenters. The molecule has 6 nitrogen and oxygen atoms in total. The number of amides is 1. The van der Waals surface area contributed by atoms with Crippen LogP contribution in [0.2, 0.25) is 5.02 Å². The van der Waals surface area contributed by atoms with Gasteiger partial charge >= 0.3 is 0 Å². The van der Waals surface area contributed by atoms with Crippen molar-refractivity contribution < 1.29 is 4.79 Å². The molecule has 1 aliphatic heterocycles. The van der Waals surface area contributed by atoms with Crippen molar-refractivity contribution in [2.75, 3.05) is 13.1 Å². The van der Waals surface area contributed by atoms with Gasteiger partial charge in [-0.25, -0.2) is 9.50 Å². The van der Waals surface area contributed by atoms with Crippen molar-refractivity contribution in [2.45, 2.75) is 32.9 Å². The second-order valence-electron chi connectivity index (χ2n) is 7.19. The lowest BCUT2D eigenvalue weighted by atomic mass is 10.00. The van der Waals surface area contributed by atoms with Crippen molar-refractivity contribution in [3.63, 3.8) is 0 Å². The maximum absolute atomic E-state index is 12.7. The van der Waals surface area contributed by atoms with E-state index in [1.807, 2.05) is 13.8 Å². The molecule has 3 aromatic rings. The molecule has 2 aromatic heterocycles. The van der Waals surface area contributed by atoms with E-state index in [0.717, 1.165) is 31.6 Å². The predicted molar refractivity (Wildman–Crippen MR) is 105 cm³/mol. The van der Waals surface area contributed by atoms with Crippen molar-refractivity contribution in [3.05, 3.63) is 64.1 Å². The highest BCUT2D eigenvalue weighted by Gasteiger charge is 2.22. The molecule has 0 saturated heterocycles. The van der Waals surface area contributed by atoms with E-state index in [0.29, 0.717) is 5.65 Å². The summed E-state index contributed by atoms with van der Waals surface area (Å²) in [5.41, 5.74) is 4.45. The molecule has 0 spiro atoms. The number of hydrogen-bond donors (Lipinski definition) is 1. The summed E-state index contributed by atoms with van der Waals surface area (Å²) in [6, 6.07) is 8.52. The van der Waals surface area contributed by atoms with Gasteiger partial charge in [0.15, 0.2) is 11.3 Å². The van der Waals surface area contributed by atoms with Crippen LogP contribution in [-0.2, 0) is 13.0 Å². The first-order chi connectivity index (χ1) is 13.0. The van der Waals surface area contributed by atoms with Crippen molar-refractivity contribution in [3.8, 4) is 0 Å². The minimum absolute atomic E-state index is 0.0154. The number of nitrogens with zero attached hydrogens (tertiary/aromatic N) is 4. The maximum Gasteiger partial charge on any atom is 0.273 e. The van der Waals surface area contributed by atoms with Crippen molar-refractivity contribution in [1.82, 2.24) is 24.8 Å². The highest BCUT2D eigenvalue weighted by atomic mass is 35.5. The molecule has 1 aliphatic rings. The Morgan fingerprint density at radius 3 is 2.93 bits per heavy atom. The number of carbonyl (C=O) groups excluding carboxylic acids is 1. The van der Waals surface area contributed by atoms with E-state index in [1.165, 1.54) is 11.1 Å². The third kappa shape index (κ3) is 3.68. The van der Waals surface area contributed by atoms with Crippen molar-refractivity contribution in [2.24, 2.45) is 0 Å². The Balaban J connectivity index is 1.42. The van der Waals surface area contributed by atoms with E-state index in [4.69, 9.17) is 11.6 Å². The van der Waals surface area contributed by atoms with Crippen LogP contribution in [0.5, 0.6) is 0 Å². The van der Waals surface area contributed by atoms with Gasteiger partial charge in [-0.15, -0.1) is 0 Å². The molecule has 27 heavy (non-hydrogen) atoms. The Labute approximate surface area is 163 Å². The molecule has 140 valence electrons. The summed E-state index contributed by atoms with van der Waals surface area (Å²) in [5, 5.41) is 7.60. The molecule has 0 aliphatic carbocycles. The first-order valence-electron chi connectivity index (χ1n) is 9.12. The molecule has 7 heteroatoms. The van der Waals surface area contributed by atoms with Crippen molar-refractivity contribution >= 4 is 23.2 Å². The zero-order chi connectivity index (χ0) is 19.0. The van der Waals surface area contributed by atoms with E-state index >= 15 is 0 Å².